The summed E-state index contributed by atoms with van der Waals surface area (Å²) in [5.41, 5.74) is 7.92. The maximum atomic E-state index is 5.62. The highest BCUT2D eigenvalue weighted by Gasteiger charge is 1.97. The van der Waals surface area contributed by atoms with E-state index < -0.39 is 0 Å². The molecule has 0 aliphatic heterocycles. The van der Waals surface area contributed by atoms with Crippen LogP contribution in [-0.2, 0) is 0 Å². The zero-order valence-corrected chi connectivity index (χ0v) is 6.30. The van der Waals surface area contributed by atoms with Crippen molar-refractivity contribution in [1.29, 1.82) is 0 Å². The van der Waals surface area contributed by atoms with E-state index in [1.807, 2.05) is 12.2 Å². The molecule has 54 valence electrons. The van der Waals surface area contributed by atoms with Crippen LogP contribution >= 0.6 is 0 Å². The molecule has 0 amide bonds. The van der Waals surface area contributed by atoms with Gasteiger partial charge in [-0.3, -0.25) is 0 Å². The summed E-state index contributed by atoms with van der Waals surface area (Å²) in [7, 11) is 0. The first-order valence-corrected chi connectivity index (χ1v) is 3.64. The Morgan fingerprint density at radius 1 is 1.70 bits per heavy atom. The average molecular weight is 135 g/mol. The van der Waals surface area contributed by atoms with Crippen LogP contribution in [0.1, 0.15) is 19.8 Å². The highest BCUT2D eigenvalue weighted by atomic mass is 14.6. The van der Waals surface area contributed by atoms with Gasteiger partial charge in [0.25, 0.3) is 0 Å². The van der Waals surface area contributed by atoms with Crippen molar-refractivity contribution in [3.63, 3.8) is 0 Å². The zero-order valence-electron chi connectivity index (χ0n) is 6.30. The van der Waals surface area contributed by atoms with Crippen molar-refractivity contribution < 1.29 is 0 Å². The van der Waals surface area contributed by atoms with Crippen molar-refractivity contribution in [1.82, 2.24) is 0 Å². The van der Waals surface area contributed by atoms with E-state index in [1.165, 1.54) is 5.57 Å². The van der Waals surface area contributed by atoms with E-state index >= 15 is 0 Å². The van der Waals surface area contributed by atoms with Crippen molar-refractivity contribution in [2.45, 2.75) is 19.8 Å². The third-order valence-electron chi connectivity index (χ3n) is 1.50. The van der Waals surface area contributed by atoms with E-state index in [9.17, 15) is 0 Å². The van der Waals surface area contributed by atoms with Crippen LogP contribution in [0.2, 0.25) is 0 Å². The van der Waals surface area contributed by atoms with Crippen LogP contribution in [-0.4, -0.2) is 0 Å². The minimum Gasteiger partial charge on any atom is -0.402 e. The third kappa shape index (κ3) is 1.76. The lowest BCUT2D eigenvalue weighted by Gasteiger charge is -2.05. The van der Waals surface area contributed by atoms with Crippen molar-refractivity contribution in [2.75, 3.05) is 0 Å². The number of hydrogen-bond donors (Lipinski definition) is 1. The zero-order chi connectivity index (χ0) is 7.40. The third-order valence-corrected chi connectivity index (χ3v) is 1.50. The molecule has 0 bridgehead atoms. The predicted octanol–water partition coefficient (Wildman–Crippen LogP) is 2.13. The standard InChI is InChI=1S/C9H13N/c1-2-4-8-5-3-6-9(10)7-8/h3-6H,2,7,10H2,1H3. The molecule has 0 fully saturated rings. The van der Waals surface area contributed by atoms with Crippen molar-refractivity contribution in [2.24, 2.45) is 5.73 Å². The lowest BCUT2D eigenvalue weighted by Crippen LogP contribution is -2.00. The molecular weight excluding hydrogens is 122 g/mol. The molecule has 0 atom stereocenters. The van der Waals surface area contributed by atoms with Gasteiger partial charge in [-0.1, -0.05) is 25.2 Å². The van der Waals surface area contributed by atoms with Gasteiger partial charge >= 0.3 is 0 Å². The summed E-state index contributed by atoms with van der Waals surface area (Å²) in [5, 5.41) is 0. The minimum absolute atomic E-state index is 0.921. The molecule has 0 aromatic heterocycles. The van der Waals surface area contributed by atoms with E-state index in [0.29, 0.717) is 0 Å². The van der Waals surface area contributed by atoms with E-state index in [2.05, 4.69) is 19.1 Å². The molecule has 0 unspecified atom stereocenters. The molecule has 1 nitrogen and oxygen atoms in total. The van der Waals surface area contributed by atoms with Gasteiger partial charge in [0.05, 0.1) is 0 Å². The van der Waals surface area contributed by atoms with Crippen LogP contribution in [0, 0.1) is 0 Å². The van der Waals surface area contributed by atoms with Crippen molar-refractivity contribution >= 4 is 0 Å². The molecule has 1 aliphatic carbocycles. The number of nitrogens with two attached hydrogens (primary N) is 1. The van der Waals surface area contributed by atoms with Crippen LogP contribution in [0.15, 0.2) is 35.6 Å². The highest BCUT2D eigenvalue weighted by molar-refractivity contribution is 5.32. The Bertz CT molecular complexity index is 194. The number of hydrogen-bond acceptors (Lipinski definition) is 1. The van der Waals surface area contributed by atoms with Gasteiger partial charge in [0.15, 0.2) is 0 Å². The Labute approximate surface area is 61.9 Å². The largest absolute Gasteiger partial charge is 0.402 e. The Morgan fingerprint density at radius 3 is 3.10 bits per heavy atom. The quantitative estimate of drug-likeness (QED) is 0.585. The Hall–Kier alpha value is -0.980. The van der Waals surface area contributed by atoms with Crippen LogP contribution in [0.5, 0.6) is 0 Å². The van der Waals surface area contributed by atoms with E-state index in [4.69, 9.17) is 5.73 Å². The first kappa shape index (κ1) is 7.13. The SMILES string of the molecule is CCC=C1C=CC=C(N)C1. The fraction of sp³-hybridized carbons (Fsp3) is 0.333. The van der Waals surface area contributed by atoms with Gasteiger partial charge < -0.3 is 5.73 Å². The van der Waals surface area contributed by atoms with Gasteiger partial charge in [0.1, 0.15) is 0 Å². The molecule has 10 heavy (non-hydrogen) atoms. The van der Waals surface area contributed by atoms with Crippen molar-refractivity contribution in [3.05, 3.63) is 35.6 Å². The summed E-state index contributed by atoms with van der Waals surface area (Å²) in [5.74, 6) is 0. The maximum Gasteiger partial charge on any atom is 0.0125 e. The molecule has 0 spiro atoms. The summed E-state index contributed by atoms with van der Waals surface area (Å²) < 4.78 is 0. The second kappa shape index (κ2) is 3.25. The summed E-state index contributed by atoms with van der Waals surface area (Å²) in [6.45, 7) is 2.13. The summed E-state index contributed by atoms with van der Waals surface area (Å²) in [6, 6.07) is 0. The van der Waals surface area contributed by atoms with Gasteiger partial charge in [0.2, 0.25) is 0 Å². The monoisotopic (exact) mass is 135 g/mol. The Kier molecular flexibility index (Phi) is 2.32. The maximum absolute atomic E-state index is 5.62. The first-order valence-electron chi connectivity index (χ1n) is 3.64. The van der Waals surface area contributed by atoms with Gasteiger partial charge in [-0.05, 0) is 18.1 Å². The molecule has 1 heteroatoms. The second-order valence-electron chi connectivity index (χ2n) is 2.46. The topological polar surface area (TPSA) is 26.0 Å². The molecule has 1 rings (SSSR count). The van der Waals surface area contributed by atoms with E-state index in [1.54, 1.807) is 0 Å². The molecule has 0 aromatic carbocycles. The van der Waals surface area contributed by atoms with Crippen LogP contribution in [0.3, 0.4) is 0 Å². The second-order valence-corrected chi connectivity index (χ2v) is 2.46. The fourth-order valence-corrected chi connectivity index (χ4v) is 1.05. The first-order chi connectivity index (χ1) is 4.83. The lowest BCUT2D eigenvalue weighted by molar-refractivity contribution is 1.07. The van der Waals surface area contributed by atoms with Crippen LogP contribution in [0.25, 0.3) is 0 Å². The molecule has 0 heterocycles. The van der Waals surface area contributed by atoms with Gasteiger partial charge in [-0.2, -0.15) is 0 Å². The molecule has 1 aliphatic rings. The van der Waals surface area contributed by atoms with E-state index in [-0.39, 0.29) is 0 Å². The predicted molar refractivity (Wildman–Crippen MR) is 44.4 cm³/mol. The minimum atomic E-state index is 0.921. The molecule has 0 radical (unpaired) electrons. The van der Waals surface area contributed by atoms with Gasteiger partial charge in [-0.15, -0.1) is 0 Å². The summed E-state index contributed by atoms with van der Waals surface area (Å²) in [6.07, 6.45) is 10.3. The number of allylic oxidation sites excluding steroid dienone is 5. The molecule has 0 saturated carbocycles. The van der Waals surface area contributed by atoms with Gasteiger partial charge in [0, 0.05) is 12.1 Å². The average Bonchev–Trinajstić information content (AvgIpc) is 1.88. The molecule has 2 N–H and O–H groups in total. The lowest BCUT2D eigenvalue weighted by atomic mass is 10.0. The summed E-state index contributed by atoms with van der Waals surface area (Å²) in [4.78, 5) is 0. The molecular formula is C9H13N. The fourth-order valence-electron chi connectivity index (χ4n) is 1.05. The highest BCUT2D eigenvalue weighted by Crippen LogP contribution is 2.13. The van der Waals surface area contributed by atoms with Gasteiger partial charge in [-0.25, -0.2) is 0 Å². The van der Waals surface area contributed by atoms with Crippen molar-refractivity contribution in [3.8, 4) is 0 Å². The van der Waals surface area contributed by atoms with Crippen LogP contribution < -0.4 is 5.73 Å². The molecule has 0 saturated heterocycles. The summed E-state index contributed by atoms with van der Waals surface area (Å²) >= 11 is 0. The normalized spacial score (nSPS) is 21.3. The Morgan fingerprint density at radius 2 is 2.50 bits per heavy atom. The smallest absolute Gasteiger partial charge is 0.0125 e. The van der Waals surface area contributed by atoms with E-state index in [0.717, 1.165) is 18.5 Å². The number of rotatable bonds is 1. The molecule has 0 aromatic rings. The van der Waals surface area contributed by atoms with Crippen LogP contribution in [0.4, 0.5) is 0 Å². The Balaban J connectivity index is 2.64.